The summed E-state index contributed by atoms with van der Waals surface area (Å²) >= 11 is 6.07. The summed E-state index contributed by atoms with van der Waals surface area (Å²) in [6, 6.07) is 2.75. The van der Waals surface area contributed by atoms with Crippen LogP contribution in [-0.4, -0.2) is 30.4 Å². The predicted octanol–water partition coefficient (Wildman–Crippen LogP) is 2.84. The molecule has 1 aliphatic heterocycles. The molecule has 0 aromatic heterocycles. The highest BCUT2D eigenvalue weighted by Crippen LogP contribution is 2.31. The van der Waals surface area contributed by atoms with E-state index in [-0.39, 0.29) is 16.8 Å². The zero-order valence-electron chi connectivity index (χ0n) is 10.2. The molecule has 0 saturated carbocycles. The lowest BCUT2D eigenvalue weighted by Crippen LogP contribution is -2.30. The first-order valence-corrected chi connectivity index (χ1v) is 6.32. The molecule has 19 heavy (non-hydrogen) atoms. The third-order valence-corrected chi connectivity index (χ3v) is 3.28. The Morgan fingerprint density at radius 1 is 1.58 bits per heavy atom. The van der Waals surface area contributed by atoms with Crippen LogP contribution < -0.4 is 5.32 Å². The Hall–Kier alpha value is -1.66. The van der Waals surface area contributed by atoms with Crippen molar-refractivity contribution < 1.29 is 9.66 Å². The minimum Gasteiger partial charge on any atom is -0.379 e. The van der Waals surface area contributed by atoms with Gasteiger partial charge >= 0.3 is 0 Å². The quantitative estimate of drug-likeness (QED) is 0.505. The van der Waals surface area contributed by atoms with Crippen molar-refractivity contribution in [3.8, 4) is 0 Å². The van der Waals surface area contributed by atoms with E-state index in [4.69, 9.17) is 21.7 Å². The molecule has 1 aromatic carbocycles. The Balaban J connectivity index is 2.28. The zero-order valence-corrected chi connectivity index (χ0v) is 10.9. The van der Waals surface area contributed by atoms with Gasteiger partial charge in [0.2, 0.25) is 0 Å². The Labute approximate surface area is 115 Å². The molecule has 1 unspecified atom stereocenters. The van der Waals surface area contributed by atoms with Gasteiger partial charge in [0.1, 0.15) is 0 Å². The summed E-state index contributed by atoms with van der Waals surface area (Å²) in [7, 11) is 0. The number of rotatable bonds is 4. The average Bonchev–Trinajstić information content (AvgIpc) is 2.41. The number of non-ortho nitro benzene ring substituents is 1. The lowest BCUT2D eigenvalue weighted by atomic mass is 10.1. The third-order valence-electron chi connectivity index (χ3n) is 2.98. The van der Waals surface area contributed by atoms with Crippen LogP contribution >= 0.6 is 11.6 Å². The molecule has 1 fully saturated rings. The summed E-state index contributed by atoms with van der Waals surface area (Å²) < 4.78 is 5.36. The van der Waals surface area contributed by atoms with Crippen LogP contribution in [0.4, 0.5) is 11.4 Å². The number of nitro groups is 1. The lowest BCUT2D eigenvalue weighted by molar-refractivity contribution is -0.384. The standard InChI is InChI=1S/C12H14ClN3O3/c13-11-5-10(16(17)18)4-8(6-14)12(11)15-9-2-1-3-19-7-9/h4-6,9,14-15H,1-3,7H2. The zero-order chi connectivity index (χ0) is 13.8. The number of nitrogens with zero attached hydrogens (tertiary/aromatic N) is 1. The highest BCUT2D eigenvalue weighted by Gasteiger charge is 2.19. The fourth-order valence-electron chi connectivity index (χ4n) is 2.04. The summed E-state index contributed by atoms with van der Waals surface area (Å²) in [4.78, 5) is 10.2. The first kappa shape index (κ1) is 13.8. The Morgan fingerprint density at radius 3 is 2.95 bits per heavy atom. The molecule has 2 rings (SSSR count). The maximum Gasteiger partial charge on any atom is 0.271 e. The normalized spacial score (nSPS) is 18.9. The van der Waals surface area contributed by atoms with Crippen LogP contribution in [0.2, 0.25) is 5.02 Å². The number of halogens is 1. The van der Waals surface area contributed by atoms with Gasteiger partial charge in [-0.05, 0) is 12.8 Å². The Bertz CT molecular complexity index is 501. The second-order valence-electron chi connectivity index (χ2n) is 4.35. The van der Waals surface area contributed by atoms with E-state index in [1.165, 1.54) is 12.1 Å². The topological polar surface area (TPSA) is 88.2 Å². The minimum absolute atomic E-state index is 0.117. The van der Waals surface area contributed by atoms with E-state index in [1.54, 1.807) is 0 Å². The molecule has 0 radical (unpaired) electrons. The highest BCUT2D eigenvalue weighted by molar-refractivity contribution is 6.34. The number of nitrogens with one attached hydrogen (secondary N) is 2. The van der Waals surface area contributed by atoms with E-state index in [9.17, 15) is 10.1 Å². The minimum atomic E-state index is -0.521. The summed E-state index contributed by atoms with van der Waals surface area (Å²) in [6.45, 7) is 1.33. The van der Waals surface area contributed by atoms with Crippen molar-refractivity contribution in [2.75, 3.05) is 18.5 Å². The number of hydrogen-bond donors (Lipinski definition) is 2. The van der Waals surface area contributed by atoms with Gasteiger partial charge in [-0.1, -0.05) is 11.6 Å². The van der Waals surface area contributed by atoms with Crippen molar-refractivity contribution in [2.24, 2.45) is 0 Å². The number of anilines is 1. The number of nitro benzene ring substituents is 1. The van der Waals surface area contributed by atoms with E-state index in [1.807, 2.05) is 0 Å². The first-order chi connectivity index (χ1) is 9.11. The fourth-order valence-corrected chi connectivity index (χ4v) is 2.32. The second kappa shape index (κ2) is 5.99. The highest BCUT2D eigenvalue weighted by atomic mass is 35.5. The van der Waals surface area contributed by atoms with Crippen molar-refractivity contribution in [3.63, 3.8) is 0 Å². The van der Waals surface area contributed by atoms with Gasteiger partial charge in [0.25, 0.3) is 5.69 Å². The van der Waals surface area contributed by atoms with Crippen LogP contribution in [0.15, 0.2) is 12.1 Å². The first-order valence-electron chi connectivity index (χ1n) is 5.94. The molecule has 1 heterocycles. The Morgan fingerprint density at radius 2 is 2.37 bits per heavy atom. The lowest BCUT2D eigenvalue weighted by Gasteiger charge is -2.25. The van der Waals surface area contributed by atoms with Gasteiger partial charge in [0, 0.05) is 36.6 Å². The van der Waals surface area contributed by atoms with Crippen LogP contribution in [0.25, 0.3) is 0 Å². The summed E-state index contributed by atoms with van der Waals surface area (Å²) in [6.07, 6.45) is 2.97. The molecule has 102 valence electrons. The number of hydrogen-bond acceptors (Lipinski definition) is 5. The van der Waals surface area contributed by atoms with Gasteiger partial charge in [-0.3, -0.25) is 10.1 Å². The van der Waals surface area contributed by atoms with Crippen molar-refractivity contribution in [3.05, 3.63) is 32.8 Å². The molecule has 0 aliphatic carbocycles. The van der Waals surface area contributed by atoms with Crippen LogP contribution in [0, 0.1) is 15.5 Å². The summed E-state index contributed by atoms with van der Waals surface area (Å²) in [5.74, 6) is 0. The van der Waals surface area contributed by atoms with Crippen LogP contribution in [-0.2, 0) is 4.74 Å². The van der Waals surface area contributed by atoms with Crippen LogP contribution in [0.3, 0.4) is 0 Å². The average molecular weight is 284 g/mol. The van der Waals surface area contributed by atoms with Crippen molar-refractivity contribution in [1.29, 1.82) is 5.41 Å². The molecule has 0 amide bonds. The monoisotopic (exact) mass is 283 g/mol. The van der Waals surface area contributed by atoms with E-state index in [0.29, 0.717) is 17.9 Å². The molecule has 7 heteroatoms. The number of ether oxygens (including phenoxy) is 1. The summed E-state index contributed by atoms with van der Waals surface area (Å²) in [5.41, 5.74) is 0.844. The van der Waals surface area contributed by atoms with E-state index in [2.05, 4.69) is 5.32 Å². The third kappa shape index (κ3) is 3.21. The SMILES string of the molecule is N=Cc1cc([N+](=O)[O-])cc(Cl)c1NC1CCCOC1. The van der Waals surface area contributed by atoms with Gasteiger partial charge in [0.15, 0.2) is 0 Å². The van der Waals surface area contributed by atoms with Crippen LogP contribution in [0.5, 0.6) is 0 Å². The molecule has 1 aromatic rings. The molecule has 1 saturated heterocycles. The maximum atomic E-state index is 10.8. The predicted molar refractivity (Wildman–Crippen MR) is 73.5 cm³/mol. The molecule has 1 atom stereocenters. The molecule has 0 bridgehead atoms. The fraction of sp³-hybridized carbons (Fsp3) is 0.417. The van der Waals surface area contributed by atoms with Crippen molar-refractivity contribution in [2.45, 2.75) is 18.9 Å². The van der Waals surface area contributed by atoms with Crippen LogP contribution in [0.1, 0.15) is 18.4 Å². The Kier molecular flexibility index (Phi) is 4.34. The van der Waals surface area contributed by atoms with Crippen molar-refractivity contribution in [1.82, 2.24) is 0 Å². The van der Waals surface area contributed by atoms with E-state index in [0.717, 1.165) is 25.7 Å². The van der Waals surface area contributed by atoms with E-state index >= 15 is 0 Å². The molecule has 0 spiro atoms. The van der Waals surface area contributed by atoms with Gasteiger partial charge < -0.3 is 15.5 Å². The molecule has 2 N–H and O–H groups in total. The van der Waals surface area contributed by atoms with Gasteiger partial charge in [-0.2, -0.15) is 0 Å². The molecular weight excluding hydrogens is 270 g/mol. The molecule has 1 aliphatic rings. The largest absolute Gasteiger partial charge is 0.379 e. The van der Waals surface area contributed by atoms with E-state index < -0.39 is 4.92 Å². The van der Waals surface area contributed by atoms with Gasteiger partial charge in [-0.25, -0.2) is 0 Å². The maximum absolute atomic E-state index is 10.8. The van der Waals surface area contributed by atoms with Gasteiger partial charge in [0.05, 0.1) is 22.2 Å². The van der Waals surface area contributed by atoms with Gasteiger partial charge in [-0.15, -0.1) is 0 Å². The second-order valence-corrected chi connectivity index (χ2v) is 4.76. The van der Waals surface area contributed by atoms with Crippen molar-refractivity contribution >= 4 is 29.2 Å². The molecular formula is C12H14ClN3O3. The number of benzene rings is 1. The summed E-state index contributed by atoms with van der Waals surface area (Å²) in [5, 5.41) is 21.6. The molecule has 6 nitrogen and oxygen atoms in total. The smallest absolute Gasteiger partial charge is 0.271 e.